The second-order valence-corrected chi connectivity index (χ2v) is 2.24. The van der Waals surface area contributed by atoms with Gasteiger partial charge >= 0.3 is 5.69 Å². The molecule has 0 aliphatic rings. The largest absolute Gasteiger partial charge is 0.301 e. The molecule has 0 aliphatic heterocycles. The lowest BCUT2D eigenvalue weighted by Crippen LogP contribution is -1.99. The van der Waals surface area contributed by atoms with Crippen molar-refractivity contribution in [1.29, 1.82) is 0 Å². The first-order valence-corrected chi connectivity index (χ1v) is 3.22. The molecular formula is C7H6N2O3. The van der Waals surface area contributed by atoms with Crippen molar-refractivity contribution in [2.75, 3.05) is 0 Å². The molecule has 62 valence electrons. The molecule has 5 nitrogen and oxygen atoms in total. The van der Waals surface area contributed by atoms with Gasteiger partial charge in [0.15, 0.2) is 12.0 Å². The van der Waals surface area contributed by atoms with E-state index in [2.05, 4.69) is 4.98 Å². The van der Waals surface area contributed by atoms with Crippen LogP contribution in [0, 0.1) is 17.0 Å². The fourth-order valence-corrected chi connectivity index (χ4v) is 0.895. The van der Waals surface area contributed by atoms with Crippen molar-refractivity contribution in [2.24, 2.45) is 0 Å². The summed E-state index contributed by atoms with van der Waals surface area (Å²) in [5, 5.41) is 10.4. The van der Waals surface area contributed by atoms with Crippen molar-refractivity contribution in [3.8, 4) is 0 Å². The molecule has 1 aromatic rings. The lowest BCUT2D eigenvalue weighted by Gasteiger charge is -1.96. The van der Waals surface area contributed by atoms with Gasteiger partial charge in [-0.15, -0.1) is 0 Å². The third-order valence-electron chi connectivity index (χ3n) is 1.45. The van der Waals surface area contributed by atoms with E-state index in [9.17, 15) is 14.9 Å². The third-order valence-corrected chi connectivity index (χ3v) is 1.45. The molecule has 5 heteroatoms. The van der Waals surface area contributed by atoms with E-state index >= 15 is 0 Å². The predicted octanol–water partition coefficient (Wildman–Crippen LogP) is 1.11. The first-order valence-electron chi connectivity index (χ1n) is 3.22. The van der Waals surface area contributed by atoms with Crippen LogP contribution in [0.2, 0.25) is 0 Å². The SMILES string of the molecule is Cc1ccnc(C=O)c1[N+](=O)[O-]. The minimum absolute atomic E-state index is 0.125. The molecule has 0 aliphatic carbocycles. The lowest BCUT2D eigenvalue weighted by atomic mass is 10.2. The molecule has 0 aromatic carbocycles. The van der Waals surface area contributed by atoms with Crippen LogP contribution in [0.15, 0.2) is 12.3 Å². The predicted molar refractivity (Wildman–Crippen MR) is 41.0 cm³/mol. The maximum Gasteiger partial charge on any atom is 0.301 e. The van der Waals surface area contributed by atoms with Crippen LogP contribution in [0.5, 0.6) is 0 Å². The van der Waals surface area contributed by atoms with E-state index in [0.29, 0.717) is 11.8 Å². The smallest absolute Gasteiger partial charge is 0.296 e. The van der Waals surface area contributed by atoms with Crippen molar-refractivity contribution in [2.45, 2.75) is 6.92 Å². The molecule has 1 rings (SSSR count). The van der Waals surface area contributed by atoms with Crippen molar-refractivity contribution < 1.29 is 9.72 Å². The van der Waals surface area contributed by atoms with Crippen molar-refractivity contribution >= 4 is 12.0 Å². The number of rotatable bonds is 2. The highest BCUT2D eigenvalue weighted by molar-refractivity contribution is 5.79. The number of carbonyl (C=O) groups is 1. The van der Waals surface area contributed by atoms with Crippen LogP contribution in [0.3, 0.4) is 0 Å². The summed E-state index contributed by atoms with van der Waals surface area (Å²) < 4.78 is 0. The first-order chi connectivity index (χ1) is 5.66. The molecule has 1 aromatic heterocycles. The number of carbonyl (C=O) groups excluding carboxylic acids is 1. The highest BCUT2D eigenvalue weighted by atomic mass is 16.6. The average molecular weight is 166 g/mol. The molecule has 0 fully saturated rings. The van der Waals surface area contributed by atoms with Gasteiger partial charge in [0.05, 0.1) is 4.92 Å². The molecule has 0 saturated heterocycles. The van der Waals surface area contributed by atoms with E-state index in [1.807, 2.05) is 0 Å². The van der Waals surface area contributed by atoms with E-state index in [1.54, 1.807) is 6.92 Å². The molecule has 0 unspecified atom stereocenters. The number of aryl methyl sites for hydroxylation is 1. The molecule has 0 saturated carbocycles. The van der Waals surface area contributed by atoms with Crippen molar-refractivity contribution in [1.82, 2.24) is 4.98 Å². The summed E-state index contributed by atoms with van der Waals surface area (Å²) in [7, 11) is 0. The zero-order chi connectivity index (χ0) is 9.14. The van der Waals surface area contributed by atoms with Crippen molar-refractivity contribution in [3.63, 3.8) is 0 Å². The standard InChI is InChI=1S/C7H6N2O3/c1-5-2-3-8-6(4-10)7(5)9(11)12/h2-4H,1H3. The molecule has 1 heterocycles. The van der Waals surface area contributed by atoms with Crippen LogP contribution in [0.25, 0.3) is 0 Å². The quantitative estimate of drug-likeness (QED) is 0.374. The Bertz CT molecular complexity index is 335. The average Bonchev–Trinajstić information content (AvgIpc) is 2.03. The highest BCUT2D eigenvalue weighted by Gasteiger charge is 2.16. The summed E-state index contributed by atoms with van der Waals surface area (Å²) in [4.78, 5) is 23.7. The normalized spacial score (nSPS) is 9.42. The topological polar surface area (TPSA) is 73.1 Å². The Balaban J connectivity index is 3.39. The first kappa shape index (κ1) is 8.32. The van der Waals surface area contributed by atoms with E-state index in [0.717, 1.165) is 0 Å². The summed E-state index contributed by atoms with van der Waals surface area (Å²) in [6.07, 6.45) is 1.75. The Labute approximate surface area is 68.2 Å². The Kier molecular flexibility index (Phi) is 2.14. The number of aromatic nitrogens is 1. The van der Waals surface area contributed by atoms with Gasteiger partial charge in [0.2, 0.25) is 0 Å². The van der Waals surface area contributed by atoms with Gasteiger partial charge in [-0.2, -0.15) is 0 Å². The minimum atomic E-state index is -0.605. The summed E-state index contributed by atoms with van der Waals surface area (Å²) in [5.74, 6) is 0. The van der Waals surface area contributed by atoms with Gasteiger partial charge in [0.25, 0.3) is 0 Å². The van der Waals surface area contributed by atoms with Gasteiger partial charge in [-0.25, -0.2) is 4.98 Å². The molecule has 0 N–H and O–H groups in total. The van der Waals surface area contributed by atoms with Crippen LogP contribution in [-0.2, 0) is 0 Å². The Morgan fingerprint density at radius 2 is 2.33 bits per heavy atom. The van der Waals surface area contributed by atoms with Crippen LogP contribution < -0.4 is 0 Å². The van der Waals surface area contributed by atoms with E-state index in [-0.39, 0.29) is 11.4 Å². The Morgan fingerprint density at radius 1 is 1.67 bits per heavy atom. The number of nitrogens with zero attached hydrogens (tertiary/aromatic N) is 2. The summed E-state index contributed by atoms with van der Waals surface area (Å²) >= 11 is 0. The molecule has 12 heavy (non-hydrogen) atoms. The number of aldehydes is 1. The maximum absolute atomic E-state index is 10.4. The van der Waals surface area contributed by atoms with Gasteiger partial charge in [-0.3, -0.25) is 14.9 Å². The monoisotopic (exact) mass is 166 g/mol. The number of hydrogen-bond acceptors (Lipinski definition) is 4. The number of hydrogen-bond donors (Lipinski definition) is 0. The maximum atomic E-state index is 10.4. The van der Waals surface area contributed by atoms with Gasteiger partial charge in [0, 0.05) is 11.8 Å². The molecular weight excluding hydrogens is 160 g/mol. The van der Waals surface area contributed by atoms with E-state index in [1.165, 1.54) is 12.3 Å². The third kappa shape index (κ3) is 1.29. The van der Waals surface area contributed by atoms with Gasteiger partial charge < -0.3 is 0 Å². The zero-order valence-corrected chi connectivity index (χ0v) is 6.35. The van der Waals surface area contributed by atoms with Gasteiger partial charge in [-0.1, -0.05) is 0 Å². The van der Waals surface area contributed by atoms with Gasteiger partial charge in [-0.05, 0) is 13.0 Å². The molecule has 0 radical (unpaired) electrons. The van der Waals surface area contributed by atoms with Crippen LogP contribution in [0.1, 0.15) is 16.1 Å². The van der Waals surface area contributed by atoms with E-state index in [4.69, 9.17) is 0 Å². The molecule has 0 atom stereocenters. The van der Waals surface area contributed by atoms with Crippen LogP contribution in [0.4, 0.5) is 5.69 Å². The lowest BCUT2D eigenvalue weighted by molar-refractivity contribution is -0.385. The summed E-state index contributed by atoms with van der Waals surface area (Å²) in [6, 6.07) is 1.49. The molecule has 0 amide bonds. The van der Waals surface area contributed by atoms with Crippen LogP contribution >= 0.6 is 0 Å². The molecule has 0 bridgehead atoms. The summed E-state index contributed by atoms with van der Waals surface area (Å²) in [5.41, 5.74) is 0.101. The van der Waals surface area contributed by atoms with Gasteiger partial charge in [0.1, 0.15) is 0 Å². The highest BCUT2D eigenvalue weighted by Crippen LogP contribution is 2.18. The Hall–Kier alpha value is -1.78. The van der Waals surface area contributed by atoms with E-state index < -0.39 is 4.92 Å². The molecule has 0 spiro atoms. The summed E-state index contributed by atoms with van der Waals surface area (Å²) in [6.45, 7) is 1.56. The fraction of sp³-hybridized carbons (Fsp3) is 0.143. The van der Waals surface area contributed by atoms with Crippen molar-refractivity contribution in [3.05, 3.63) is 33.6 Å². The minimum Gasteiger partial charge on any atom is -0.296 e. The second kappa shape index (κ2) is 3.08. The number of nitro groups is 1. The van der Waals surface area contributed by atoms with Crippen LogP contribution in [-0.4, -0.2) is 16.2 Å². The fourth-order valence-electron chi connectivity index (χ4n) is 0.895. The second-order valence-electron chi connectivity index (χ2n) is 2.24. The zero-order valence-electron chi connectivity index (χ0n) is 6.35. The Morgan fingerprint density at radius 3 is 2.75 bits per heavy atom. The number of pyridine rings is 1.